The zero-order valence-corrected chi connectivity index (χ0v) is 14.0. The molecule has 0 heterocycles. The topological polar surface area (TPSA) is 46.5 Å². The van der Waals surface area contributed by atoms with E-state index in [0.29, 0.717) is 0 Å². The van der Waals surface area contributed by atoms with Crippen LogP contribution in [0.5, 0.6) is 0 Å². The minimum Gasteiger partial charge on any atom is -0.432 e. The van der Waals surface area contributed by atoms with Crippen molar-refractivity contribution in [2.24, 2.45) is 0 Å². The van der Waals surface area contributed by atoms with Crippen molar-refractivity contribution in [3.05, 3.63) is 11.8 Å². The number of carbonyl (C=O) groups excluding carboxylic acids is 1. The summed E-state index contributed by atoms with van der Waals surface area (Å²) in [5.41, 5.74) is 0. The van der Waals surface area contributed by atoms with Crippen LogP contribution in [0.3, 0.4) is 0 Å². The molecule has 0 radical (unpaired) electrons. The van der Waals surface area contributed by atoms with Crippen molar-refractivity contribution in [2.75, 3.05) is 6.61 Å². The number of aliphatic hydroxyl groups excluding tert-OH is 1. The first-order chi connectivity index (χ1) is 10.2. The summed E-state index contributed by atoms with van der Waals surface area (Å²) in [7, 11) is 0. The summed E-state index contributed by atoms with van der Waals surface area (Å²) in [5.74, 6) is 0.611. The van der Waals surface area contributed by atoms with Gasteiger partial charge in [-0.2, -0.15) is 0 Å². The summed E-state index contributed by atoms with van der Waals surface area (Å²) >= 11 is 0. The molecule has 0 aromatic heterocycles. The number of carbonyl (C=O) groups is 1. The van der Waals surface area contributed by atoms with E-state index in [4.69, 9.17) is 9.84 Å². The van der Waals surface area contributed by atoms with Crippen LogP contribution in [0.2, 0.25) is 0 Å². The van der Waals surface area contributed by atoms with Crippen molar-refractivity contribution in [1.82, 2.24) is 0 Å². The van der Waals surface area contributed by atoms with Gasteiger partial charge in [-0.3, -0.25) is 4.79 Å². The molecule has 0 amide bonds. The molecule has 0 aromatic rings. The predicted octanol–water partition coefficient (Wildman–Crippen LogP) is 5.13. The van der Waals surface area contributed by atoms with Crippen LogP contribution in [-0.2, 0) is 9.53 Å². The predicted molar refractivity (Wildman–Crippen MR) is 88.0 cm³/mol. The van der Waals surface area contributed by atoms with E-state index in [0.717, 1.165) is 44.3 Å². The van der Waals surface area contributed by atoms with Gasteiger partial charge >= 0.3 is 5.97 Å². The third-order valence-corrected chi connectivity index (χ3v) is 3.54. The molecule has 0 atom stereocenters. The number of hydrogen-bond donors (Lipinski definition) is 1. The molecule has 124 valence electrons. The third kappa shape index (κ3) is 15.4. The first kappa shape index (κ1) is 20.2. The van der Waals surface area contributed by atoms with E-state index in [1.54, 1.807) is 0 Å². The van der Waals surface area contributed by atoms with Crippen molar-refractivity contribution < 1.29 is 14.6 Å². The molecule has 0 saturated heterocycles. The number of esters is 1. The monoisotopic (exact) mass is 298 g/mol. The second kappa shape index (κ2) is 15.6. The summed E-state index contributed by atoms with van der Waals surface area (Å²) in [6, 6.07) is 0. The Hall–Kier alpha value is -0.830. The fourth-order valence-electron chi connectivity index (χ4n) is 2.33. The minimum atomic E-state index is -0.223. The fraction of sp³-hybridized carbons (Fsp3) is 0.833. The largest absolute Gasteiger partial charge is 0.432 e. The van der Waals surface area contributed by atoms with Gasteiger partial charge in [0.05, 0.1) is 0 Å². The van der Waals surface area contributed by atoms with Crippen LogP contribution in [0.4, 0.5) is 0 Å². The number of allylic oxidation sites excluding steroid dienone is 2. The zero-order valence-electron chi connectivity index (χ0n) is 14.0. The van der Waals surface area contributed by atoms with Crippen molar-refractivity contribution in [1.29, 1.82) is 0 Å². The number of unbranched alkanes of at least 4 members (excludes halogenated alkanes) is 9. The van der Waals surface area contributed by atoms with Crippen LogP contribution in [-0.4, -0.2) is 17.7 Å². The molecule has 1 N–H and O–H groups in total. The Morgan fingerprint density at radius 3 is 2.24 bits per heavy atom. The smallest absolute Gasteiger partial charge is 0.307 e. The second-order valence-electron chi connectivity index (χ2n) is 5.71. The Balaban J connectivity index is 3.81. The fourth-order valence-corrected chi connectivity index (χ4v) is 2.33. The van der Waals surface area contributed by atoms with Crippen molar-refractivity contribution in [2.45, 2.75) is 90.9 Å². The molecule has 0 aromatic carbocycles. The molecule has 0 bridgehead atoms. The standard InChI is InChI=1S/C18H34O3/c1-3-4-5-6-7-8-11-14-18(21-17(2)20)15-12-9-10-13-16-19/h14,19H,3-13,15-16H2,1-2H3/b18-14-. The average Bonchev–Trinajstić information content (AvgIpc) is 2.45. The SMILES string of the molecule is CCCCCCCC/C=C(/CCCCCCO)OC(C)=O. The van der Waals surface area contributed by atoms with E-state index in [-0.39, 0.29) is 12.6 Å². The molecule has 0 aliphatic carbocycles. The minimum absolute atomic E-state index is 0.223. The highest BCUT2D eigenvalue weighted by molar-refractivity contribution is 5.67. The van der Waals surface area contributed by atoms with Crippen LogP contribution >= 0.6 is 0 Å². The van der Waals surface area contributed by atoms with Crippen molar-refractivity contribution >= 4 is 5.97 Å². The van der Waals surface area contributed by atoms with E-state index in [1.807, 2.05) is 0 Å². The van der Waals surface area contributed by atoms with E-state index in [1.165, 1.54) is 45.4 Å². The van der Waals surface area contributed by atoms with Crippen LogP contribution in [0.15, 0.2) is 11.8 Å². The number of ether oxygens (including phenoxy) is 1. The van der Waals surface area contributed by atoms with Gasteiger partial charge in [0.1, 0.15) is 5.76 Å². The Morgan fingerprint density at radius 2 is 1.57 bits per heavy atom. The Morgan fingerprint density at radius 1 is 0.952 bits per heavy atom. The number of rotatable bonds is 14. The molecular weight excluding hydrogens is 264 g/mol. The summed E-state index contributed by atoms with van der Waals surface area (Å²) in [4.78, 5) is 11.1. The highest BCUT2D eigenvalue weighted by atomic mass is 16.5. The van der Waals surface area contributed by atoms with Gasteiger partial charge in [0.15, 0.2) is 0 Å². The highest BCUT2D eigenvalue weighted by Gasteiger charge is 2.02. The molecule has 0 aliphatic heterocycles. The van der Waals surface area contributed by atoms with Crippen molar-refractivity contribution in [3.8, 4) is 0 Å². The van der Waals surface area contributed by atoms with Gasteiger partial charge < -0.3 is 9.84 Å². The molecule has 0 fully saturated rings. The summed E-state index contributed by atoms with van der Waals surface area (Å²) in [6.45, 7) is 3.96. The van der Waals surface area contributed by atoms with E-state index in [9.17, 15) is 4.79 Å². The maximum atomic E-state index is 11.1. The third-order valence-electron chi connectivity index (χ3n) is 3.54. The lowest BCUT2D eigenvalue weighted by Gasteiger charge is -2.07. The molecule has 3 heteroatoms. The van der Waals surface area contributed by atoms with E-state index in [2.05, 4.69) is 13.0 Å². The van der Waals surface area contributed by atoms with Gasteiger partial charge in [-0.25, -0.2) is 0 Å². The molecule has 0 aliphatic rings. The number of aliphatic hydroxyl groups is 1. The van der Waals surface area contributed by atoms with Gasteiger partial charge in [0.2, 0.25) is 0 Å². The average molecular weight is 298 g/mol. The lowest BCUT2D eigenvalue weighted by atomic mass is 10.1. The highest BCUT2D eigenvalue weighted by Crippen LogP contribution is 2.14. The maximum absolute atomic E-state index is 11.1. The van der Waals surface area contributed by atoms with Crippen LogP contribution in [0.1, 0.15) is 90.9 Å². The van der Waals surface area contributed by atoms with E-state index < -0.39 is 0 Å². The Labute approximate surface area is 130 Å². The summed E-state index contributed by atoms with van der Waals surface area (Å²) in [5, 5.41) is 8.73. The van der Waals surface area contributed by atoms with E-state index >= 15 is 0 Å². The normalized spacial score (nSPS) is 11.7. The Kier molecular flexibility index (Phi) is 14.9. The van der Waals surface area contributed by atoms with Gasteiger partial charge in [0.25, 0.3) is 0 Å². The zero-order chi connectivity index (χ0) is 15.8. The molecule has 0 spiro atoms. The van der Waals surface area contributed by atoms with Gasteiger partial charge in [-0.05, 0) is 31.8 Å². The van der Waals surface area contributed by atoms with Gasteiger partial charge in [-0.1, -0.05) is 51.9 Å². The van der Waals surface area contributed by atoms with Crippen LogP contribution in [0.25, 0.3) is 0 Å². The summed E-state index contributed by atoms with van der Waals surface area (Å²) in [6.07, 6.45) is 15.7. The second-order valence-corrected chi connectivity index (χ2v) is 5.71. The van der Waals surface area contributed by atoms with Crippen molar-refractivity contribution in [3.63, 3.8) is 0 Å². The molecule has 21 heavy (non-hydrogen) atoms. The lowest BCUT2D eigenvalue weighted by Crippen LogP contribution is -1.99. The number of hydrogen-bond acceptors (Lipinski definition) is 3. The summed E-state index contributed by atoms with van der Waals surface area (Å²) < 4.78 is 5.27. The van der Waals surface area contributed by atoms with Crippen LogP contribution < -0.4 is 0 Å². The van der Waals surface area contributed by atoms with Crippen LogP contribution in [0, 0.1) is 0 Å². The molecule has 0 unspecified atom stereocenters. The first-order valence-corrected chi connectivity index (χ1v) is 8.69. The lowest BCUT2D eigenvalue weighted by molar-refractivity contribution is -0.137. The first-order valence-electron chi connectivity index (χ1n) is 8.69. The quantitative estimate of drug-likeness (QED) is 0.275. The molecular formula is C18H34O3. The van der Waals surface area contributed by atoms with Gasteiger partial charge in [0, 0.05) is 20.0 Å². The Bertz CT molecular complexity index is 272. The molecule has 0 rings (SSSR count). The van der Waals surface area contributed by atoms with Gasteiger partial charge in [-0.15, -0.1) is 0 Å². The molecule has 0 saturated carbocycles. The maximum Gasteiger partial charge on any atom is 0.307 e. The molecule has 3 nitrogen and oxygen atoms in total.